The lowest BCUT2D eigenvalue weighted by atomic mass is 9.98. The molecule has 0 saturated carbocycles. The van der Waals surface area contributed by atoms with Crippen molar-refractivity contribution in [3.05, 3.63) is 0 Å². The van der Waals surface area contributed by atoms with Gasteiger partial charge in [0, 0.05) is 13.1 Å². The van der Waals surface area contributed by atoms with Gasteiger partial charge >= 0.3 is 0 Å². The number of rotatable bonds is 4. The molecule has 2 unspecified atom stereocenters. The van der Waals surface area contributed by atoms with Gasteiger partial charge in [-0.15, -0.1) is 0 Å². The third-order valence-corrected chi connectivity index (χ3v) is 3.26. The first-order chi connectivity index (χ1) is 6.76. The molecule has 0 aromatic carbocycles. The first-order valence-corrected chi connectivity index (χ1v) is 5.86. The van der Waals surface area contributed by atoms with E-state index >= 15 is 0 Å². The third-order valence-electron chi connectivity index (χ3n) is 3.26. The molecule has 1 aliphatic heterocycles. The maximum Gasteiger partial charge on any atom is 0.0789 e. The molecular formula is C11H24N2O. The van der Waals surface area contributed by atoms with Crippen LogP contribution < -0.4 is 5.73 Å². The minimum atomic E-state index is -0.340. The largest absolute Gasteiger partial charge is 0.390 e. The molecule has 3 heteroatoms. The zero-order chi connectivity index (χ0) is 10.4. The molecular weight excluding hydrogens is 176 g/mol. The van der Waals surface area contributed by atoms with Gasteiger partial charge in [-0.25, -0.2) is 0 Å². The van der Waals surface area contributed by atoms with Gasteiger partial charge in [-0.3, -0.25) is 0 Å². The summed E-state index contributed by atoms with van der Waals surface area (Å²) in [6, 6.07) is 0. The van der Waals surface area contributed by atoms with E-state index < -0.39 is 0 Å². The van der Waals surface area contributed by atoms with Crippen molar-refractivity contribution in [1.82, 2.24) is 4.90 Å². The van der Waals surface area contributed by atoms with Crippen LogP contribution in [-0.4, -0.2) is 42.3 Å². The molecule has 1 aliphatic rings. The molecule has 0 aliphatic carbocycles. The topological polar surface area (TPSA) is 49.5 Å². The van der Waals surface area contributed by atoms with Crippen molar-refractivity contribution >= 4 is 0 Å². The number of β-amino-alcohol motifs (C(OH)–C–C–N with tert-alkyl or cyclic N) is 1. The Morgan fingerprint density at radius 3 is 2.86 bits per heavy atom. The van der Waals surface area contributed by atoms with Crippen LogP contribution in [0, 0.1) is 5.92 Å². The monoisotopic (exact) mass is 200 g/mol. The van der Waals surface area contributed by atoms with E-state index in [1.165, 1.54) is 25.7 Å². The van der Waals surface area contributed by atoms with E-state index in [-0.39, 0.29) is 6.10 Å². The Morgan fingerprint density at radius 1 is 1.43 bits per heavy atom. The summed E-state index contributed by atoms with van der Waals surface area (Å²) in [5, 5.41) is 9.46. The molecule has 0 radical (unpaired) electrons. The van der Waals surface area contributed by atoms with Gasteiger partial charge in [0.15, 0.2) is 0 Å². The van der Waals surface area contributed by atoms with Gasteiger partial charge in [-0.1, -0.05) is 13.3 Å². The molecule has 0 amide bonds. The zero-order valence-electron chi connectivity index (χ0n) is 9.28. The van der Waals surface area contributed by atoms with Crippen LogP contribution in [0.15, 0.2) is 0 Å². The maximum absolute atomic E-state index is 9.46. The lowest BCUT2D eigenvalue weighted by Gasteiger charge is -2.22. The second-order valence-corrected chi connectivity index (χ2v) is 4.40. The Hall–Kier alpha value is -0.120. The van der Waals surface area contributed by atoms with E-state index in [1.54, 1.807) is 0 Å². The molecule has 14 heavy (non-hydrogen) atoms. The Labute approximate surface area is 87.3 Å². The second kappa shape index (κ2) is 6.38. The summed E-state index contributed by atoms with van der Waals surface area (Å²) >= 11 is 0. The van der Waals surface area contributed by atoms with E-state index in [4.69, 9.17) is 5.73 Å². The van der Waals surface area contributed by atoms with Crippen LogP contribution in [0.2, 0.25) is 0 Å². The van der Waals surface area contributed by atoms with Gasteiger partial charge in [-0.2, -0.15) is 0 Å². The number of hydrogen-bond donors (Lipinski definition) is 2. The number of likely N-dealkylation sites (tertiary alicyclic amines) is 1. The summed E-state index contributed by atoms with van der Waals surface area (Å²) in [5.41, 5.74) is 5.41. The predicted molar refractivity (Wildman–Crippen MR) is 59.1 cm³/mol. The van der Waals surface area contributed by atoms with Crippen molar-refractivity contribution in [1.29, 1.82) is 0 Å². The zero-order valence-corrected chi connectivity index (χ0v) is 9.28. The Kier molecular flexibility index (Phi) is 5.45. The van der Waals surface area contributed by atoms with Gasteiger partial charge in [0.05, 0.1) is 6.10 Å². The van der Waals surface area contributed by atoms with Gasteiger partial charge in [-0.05, 0) is 38.3 Å². The van der Waals surface area contributed by atoms with Crippen molar-refractivity contribution in [3.63, 3.8) is 0 Å². The van der Waals surface area contributed by atoms with Crippen LogP contribution in [0.5, 0.6) is 0 Å². The fraction of sp³-hybridized carbons (Fsp3) is 1.00. The Balaban J connectivity index is 2.27. The molecule has 0 spiro atoms. The molecule has 2 atom stereocenters. The minimum Gasteiger partial charge on any atom is -0.390 e. The average Bonchev–Trinajstić information content (AvgIpc) is 2.43. The number of nitrogens with two attached hydrogens (primary N) is 1. The van der Waals surface area contributed by atoms with Gasteiger partial charge in [0.25, 0.3) is 0 Å². The second-order valence-electron chi connectivity index (χ2n) is 4.40. The van der Waals surface area contributed by atoms with Gasteiger partial charge < -0.3 is 15.7 Å². The number of aliphatic hydroxyl groups excluding tert-OH is 1. The normalized spacial score (nSPS) is 27.2. The van der Waals surface area contributed by atoms with Crippen LogP contribution >= 0.6 is 0 Å². The molecule has 1 saturated heterocycles. The van der Waals surface area contributed by atoms with Crippen molar-refractivity contribution in [3.8, 4) is 0 Å². The summed E-state index contributed by atoms with van der Waals surface area (Å²) in [6.07, 6.45) is 4.87. The van der Waals surface area contributed by atoms with Gasteiger partial charge in [0.1, 0.15) is 0 Å². The maximum atomic E-state index is 9.46. The standard InChI is InChI=1S/C11H24N2O/c1-2-10-4-3-6-13(7-5-10)9-11(14)8-12/h10-11,14H,2-9,12H2,1H3. The molecule has 3 N–H and O–H groups in total. The summed E-state index contributed by atoms with van der Waals surface area (Å²) in [5.74, 6) is 0.898. The summed E-state index contributed by atoms with van der Waals surface area (Å²) in [4.78, 5) is 2.35. The lowest BCUT2D eigenvalue weighted by Crippen LogP contribution is -2.37. The highest BCUT2D eigenvalue weighted by Gasteiger charge is 2.17. The SMILES string of the molecule is CCC1CCCN(CC(O)CN)CC1. The Bertz CT molecular complexity index is 152. The number of hydrogen-bond acceptors (Lipinski definition) is 3. The van der Waals surface area contributed by atoms with E-state index in [0.717, 1.165) is 25.6 Å². The van der Waals surface area contributed by atoms with Crippen LogP contribution in [-0.2, 0) is 0 Å². The molecule has 1 rings (SSSR count). The summed E-state index contributed by atoms with van der Waals surface area (Å²) in [6.45, 7) is 5.68. The third kappa shape index (κ3) is 3.95. The molecule has 3 nitrogen and oxygen atoms in total. The van der Waals surface area contributed by atoms with Crippen LogP contribution in [0.1, 0.15) is 32.6 Å². The van der Waals surface area contributed by atoms with Crippen molar-refractivity contribution in [2.24, 2.45) is 11.7 Å². The van der Waals surface area contributed by atoms with Crippen molar-refractivity contribution < 1.29 is 5.11 Å². The van der Waals surface area contributed by atoms with Crippen molar-refractivity contribution in [2.45, 2.75) is 38.7 Å². The highest BCUT2D eigenvalue weighted by atomic mass is 16.3. The molecule has 0 aromatic heterocycles. The van der Waals surface area contributed by atoms with Crippen molar-refractivity contribution in [2.75, 3.05) is 26.2 Å². The van der Waals surface area contributed by atoms with E-state index in [9.17, 15) is 5.11 Å². The first kappa shape index (κ1) is 12.0. The highest BCUT2D eigenvalue weighted by Crippen LogP contribution is 2.20. The molecule has 0 aromatic rings. The average molecular weight is 200 g/mol. The Morgan fingerprint density at radius 2 is 2.21 bits per heavy atom. The van der Waals surface area contributed by atoms with E-state index in [2.05, 4.69) is 11.8 Å². The molecule has 1 fully saturated rings. The lowest BCUT2D eigenvalue weighted by molar-refractivity contribution is 0.120. The fourth-order valence-corrected chi connectivity index (χ4v) is 2.19. The smallest absolute Gasteiger partial charge is 0.0789 e. The highest BCUT2D eigenvalue weighted by molar-refractivity contribution is 4.71. The molecule has 1 heterocycles. The van der Waals surface area contributed by atoms with E-state index in [1.807, 2.05) is 0 Å². The molecule has 84 valence electrons. The van der Waals surface area contributed by atoms with Crippen LogP contribution in [0.25, 0.3) is 0 Å². The number of aliphatic hydroxyl groups is 1. The van der Waals surface area contributed by atoms with E-state index in [0.29, 0.717) is 6.54 Å². The molecule has 0 bridgehead atoms. The quantitative estimate of drug-likeness (QED) is 0.706. The summed E-state index contributed by atoms with van der Waals surface area (Å²) in [7, 11) is 0. The number of nitrogens with zero attached hydrogens (tertiary/aromatic N) is 1. The first-order valence-electron chi connectivity index (χ1n) is 5.86. The minimum absolute atomic E-state index is 0.340. The van der Waals surface area contributed by atoms with Gasteiger partial charge in [0.2, 0.25) is 0 Å². The fourth-order valence-electron chi connectivity index (χ4n) is 2.19. The van der Waals surface area contributed by atoms with Crippen LogP contribution in [0.4, 0.5) is 0 Å². The van der Waals surface area contributed by atoms with Crippen LogP contribution in [0.3, 0.4) is 0 Å². The predicted octanol–water partition coefficient (Wildman–Crippen LogP) is 0.818. The summed E-state index contributed by atoms with van der Waals surface area (Å²) < 4.78 is 0.